The lowest BCUT2D eigenvalue weighted by Crippen LogP contribution is -2.29. The van der Waals surface area contributed by atoms with Gasteiger partial charge in [0, 0.05) is 6.42 Å². The standard InChI is InChI=1S/C13H20N2O2/c1-10(2)11-5-7-12(8-6-11)17-9-3-4-13(16)15-14/h5-8,10H,3-4,9,14H2,1-2H3,(H,15,16). The van der Waals surface area contributed by atoms with Crippen LogP contribution in [0.3, 0.4) is 0 Å². The Morgan fingerprint density at radius 2 is 2.00 bits per heavy atom. The Hall–Kier alpha value is -1.55. The first kappa shape index (κ1) is 13.5. The molecule has 0 aromatic heterocycles. The summed E-state index contributed by atoms with van der Waals surface area (Å²) in [6.45, 7) is 4.83. The highest BCUT2D eigenvalue weighted by Gasteiger charge is 2.01. The molecule has 0 fully saturated rings. The number of amides is 1. The third kappa shape index (κ3) is 4.87. The number of hydrazine groups is 1. The van der Waals surface area contributed by atoms with Crippen molar-refractivity contribution in [2.75, 3.05) is 6.61 Å². The fourth-order valence-electron chi connectivity index (χ4n) is 1.44. The van der Waals surface area contributed by atoms with Gasteiger partial charge in [-0.3, -0.25) is 10.2 Å². The first-order chi connectivity index (χ1) is 8.13. The first-order valence-electron chi connectivity index (χ1n) is 5.85. The minimum atomic E-state index is -0.163. The smallest absolute Gasteiger partial charge is 0.234 e. The topological polar surface area (TPSA) is 64.3 Å². The van der Waals surface area contributed by atoms with Crippen LogP contribution in [0.25, 0.3) is 0 Å². The summed E-state index contributed by atoms with van der Waals surface area (Å²) in [5.74, 6) is 6.17. The molecule has 0 saturated carbocycles. The molecule has 0 spiro atoms. The Morgan fingerprint density at radius 3 is 2.53 bits per heavy atom. The van der Waals surface area contributed by atoms with E-state index in [2.05, 4.69) is 31.4 Å². The van der Waals surface area contributed by atoms with Gasteiger partial charge >= 0.3 is 0 Å². The molecule has 0 aliphatic heterocycles. The van der Waals surface area contributed by atoms with Crippen LogP contribution in [0.1, 0.15) is 38.2 Å². The minimum Gasteiger partial charge on any atom is -0.494 e. The number of benzene rings is 1. The zero-order valence-corrected chi connectivity index (χ0v) is 10.4. The molecule has 0 aliphatic rings. The van der Waals surface area contributed by atoms with E-state index in [4.69, 9.17) is 10.6 Å². The summed E-state index contributed by atoms with van der Waals surface area (Å²) in [6, 6.07) is 8.04. The third-order valence-corrected chi connectivity index (χ3v) is 2.52. The number of carbonyl (C=O) groups excluding carboxylic acids is 1. The van der Waals surface area contributed by atoms with E-state index in [-0.39, 0.29) is 5.91 Å². The van der Waals surface area contributed by atoms with Crippen molar-refractivity contribution in [3.8, 4) is 5.75 Å². The predicted molar refractivity (Wildman–Crippen MR) is 67.6 cm³/mol. The highest BCUT2D eigenvalue weighted by molar-refractivity contribution is 5.75. The molecule has 0 saturated heterocycles. The van der Waals surface area contributed by atoms with Gasteiger partial charge in [-0.2, -0.15) is 0 Å². The Bertz CT molecular complexity index is 347. The molecule has 1 aromatic rings. The molecule has 1 aromatic carbocycles. The van der Waals surface area contributed by atoms with Crippen LogP contribution in [-0.2, 0) is 4.79 Å². The van der Waals surface area contributed by atoms with Crippen LogP contribution in [0, 0.1) is 0 Å². The summed E-state index contributed by atoms with van der Waals surface area (Å²) >= 11 is 0. The Kier molecular flexibility index (Phi) is 5.49. The first-order valence-corrected chi connectivity index (χ1v) is 5.85. The molecule has 1 rings (SSSR count). The van der Waals surface area contributed by atoms with Crippen molar-refractivity contribution in [2.45, 2.75) is 32.6 Å². The summed E-state index contributed by atoms with van der Waals surface area (Å²) in [5.41, 5.74) is 3.38. The van der Waals surface area contributed by atoms with Crippen molar-refractivity contribution < 1.29 is 9.53 Å². The molecule has 1 amide bonds. The molecule has 0 radical (unpaired) electrons. The monoisotopic (exact) mass is 236 g/mol. The highest BCUT2D eigenvalue weighted by Crippen LogP contribution is 2.18. The summed E-state index contributed by atoms with van der Waals surface area (Å²) in [6.07, 6.45) is 1.05. The van der Waals surface area contributed by atoms with Crippen LogP contribution in [0.5, 0.6) is 5.75 Å². The Labute approximate surface area is 102 Å². The van der Waals surface area contributed by atoms with Crippen LogP contribution >= 0.6 is 0 Å². The van der Waals surface area contributed by atoms with Gasteiger partial charge in [-0.25, -0.2) is 5.84 Å². The maximum Gasteiger partial charge on any atom is 0.234 e. The second-order valence-corrected chi connectivity index (χ2v) is 4.24. The highest BCUT2D eigenvalue weighted by atomic mass is 16.5. The van der Waals surface area contributed by atoms with Gasteiger partial charge < -0.3 is 4.74 Å². The largest absolute Gasteiger partial charge is 0.494 e. The molecule has 4 nitrogen and oxygen atoms in total. The molecule has 0 aliphatic carbocycles. The van der Waals surface area contributed by atoms with Crippen LogP contribution in [0.15, 0.2) is 24.3 Å². The zero-order chi connectivity index (χ0) is 12.7. The fourth-order valence-corrected chi connectivity index (χ4v) is 1.44. The lowest BCUT2D eigenvalue weighted by Gasteiger charge is -2.08. The molecular weight excluding hydrogens is 216 g/mol. The minimum absolute atomic E-state index is 0.163. The van der Waals surface area contributed by atoms with Crippen molar-refractivity contribution in [3.05, 3.63) is 29.8 Å². The van der Waals surface area contributed by atoms with Gasteiger partial charge in [0.1, 0.15) is 5.75 Å². The van der Waals surface area contributed by atoms with Crippen LogP contribution in [0.2, 0.25) is 0 Å². The average Bonchev–Trinajstić information content (AvgIpc) is 2.34. The molecule has 0 heterocycles. The lowest BCUT2D eigenvalue weighted by molar-refractivity contribution is -0.121. The van der Waals surface area contributed by atoms with Gasteiger partial charge in [0.15, 0.2) is 0 Å². The zero-order valence-electron chi connectivity index (χ0n) is 10.4. The summed E-state index contributed by atoms with van der Waals surface area (Å²) in [5, 5.41) is 0. The van der Waals surface area contributed by atoms with Crippen molar-refractivity contribution in [1.82, 2.24) is 5.43 Å². The Balaban J connectivity index is 2.30. The van der Waals surface area contributed by atoms with E-state index >= 15 is 0 Å². The molecule has 0 bridgehead atoms. The van der Waals surface area contributed by atoms with Gasteiger partial charge in [-0.1, -0.05) is 26.0 Å². The van der Waals surface area contributed by atoms with E-state index in [1.54, 1.807) is 0 Å². The molecule has 0 atom stereocenters. The van der Waals surface area contributed by atoms with Crippen molar-refractivity contribution in [2.24, 2.45) is 5.84 Å². The molecular formula is C13H20N2O2. The summed E-state index contributed by atoms with van der Waals surface area (Å²) < 4.78 is 5.51. The number of hydrogen-bond donors (Lipinski definition) is 2. The lowest BCUT2D eigenvalue weighted by atomic mass is 10.0. The van der Waals surface area contributed by atoms with Crippen molar-refractivity contribution in [1.29, 1.82) is 0 Å². The molecule has 4 heteroatoms. The van der Waals surface area contributed by atoms with E-state index in [0.717, 1.165) is 5.75 Å². The van der Waals surface area contributed by atoms with Crippen LogP contribution in [0.4, 0.5) is 0 Å². The number of ether oxygens (including phenoxy) is 1. The van der Waals surface area contributed by atoms with Crippen molar-refractivity contribution >= 4 is 5.91 Å². The number of nitrogens with one attached hydrogen (secondary N) is 1. The van der Waals surface area contributed by atoms with E-state index in [0.29, 0.717) is 25.4 Å². The van der Waals surface area contributed by atoms with Gasteiger partial charge in [-0.05, 0) is 30.0 Å². The van der Waals surface area contributed by atoms with Gasteiger partial charge in [-0.15, -0.1) is 0 Å². The van der Waals surface area contributed by atoms with E-state index in [1.165, 1.54) is 5.56 Å². The average molecular weight is 236 g/mol. The van der Waals surface area contributed by atoms with Gasteiger partial charge in [0.05, 0.1) is 6.61 Å². The van der Waals surface area contributed by atoms with E-state index in [1.807, 2.05) is 12.1 Å². The molecule has 3 N–H and O–H groups in total. The number of rotatable bonds is 6. The normalized spacial score (nSPS) is 10.4. The van der Waals surface area contributed by atoms with E-state index < -0.39 is 0 Å². The van der Waals surface area contributed by atoms with Gasteiger partial charge in [0.2, 0.25) is 5.91 Å². The second kappa shape index (κ2) is 6.91. The summed E-state index contributed by atoms with van der Waals surface area (Å²) in [4.78, 5) is 10.9. The number of carbonyl (C=O) groups is 1. The maximum absolute atomic E-state index is 10.9. The van der Waals surface area contributed by atoms with Crippen LogP contribution < -0.4 is 16.0 Å². The molecule has 17 heavy (non-hydrogen) atoms. The van der Waals surface area contributed by atoms with E-state index in [9.17, 15) is 4.79 Å². The van der Waals surface area contributed by atoms with Crippen LogP contribution in [-0.4, -0.2) is 12.5 Å². The molecule has 0 unspecified atom stereocenters. The van der Waals surface area contributed by atoms with Crippen molar-refractivity contribution in [3.63, 3.8) is 0 Å². The Morgan fingerprint density at radius 1 is 1.35 bits per heavy atom. The predicted octanol–water partition coefficient (Wildman–Crippen LogP) is 1.96. The third-order valence-electron chi connectivity index (χ3n) is 2.52. The quantitative estimate of drug-likeness (QED) is 0.343. The maximum atomic E-state index is 10.9. The number of hydrogen-bond acceptors (Lipinski definition) is 3. The summed E-state index contributed by atoms with van der Waals surface area (Å²) in [7, 11) is 0. The molecule has 94 valence electrons. The second-order valence-electron chi connectivity index (χ2n) is 4.24. The fraction of sp³-hybridized carbons (Fsp3) is 0.462. The number of nitrogens with two attached hydrogens (primary N) is 1. The van der Waals surface area contributed by atoms with Gasteiger partial charge in [0.25, 0.3) is 0 Å². The SMILES string of the molecule is CC(C)c1ccc(OCCCC(=O)NN)cc1.